The number of dihydropyridines is 1. The quantitative estimate of drug-likeness (QED) is 0.360. The van der Waals surface area contributed by atoms with Gasteiger partial charge in [-0.2, -0.15) is 9.61 Å². The zero-order valence-corrected chi connectivity index (χ0v) is 21.5. The van der Waals surface area contributed by atoms with Gasteiger partial charge in [-0.1, -0.05) is 6.08 Å². The maximum absolute atomic E-state index is 11.4. The average Bonchev–Trinajstić information content (AvgIpc) is 3.34. The maximum atomic E-state index is 11.4. The Hall–Kier alpha value is -3.37. The van der Waals surface area contributed by atoms with Gasteiger partial charge in [-0.15, -0.1) is 0 Å². The van der Waals surface area contributed by atoms with E-state index in [1.807, 2.05) is 30.4 Å². The zero-order valence-electron chi connectivity index (χ0n) is 19.9. The van der Waals surface area contributed by atoms with E-state index in [9.17, 15) is 15.0 Å². The Balaban J connectivity index is 1.46. The number of benzene rings is 1. The number of aliphatic hydroxyl groups is 1. The molecule has 1 aromatic carbocycles. The Morgan fingerprint density at radius 3 is 2.69 bits per heavy atom. The Labute approximate surface area is 216 Å². The van der Waals surface area contributed by atoms with Crippen molar-refractivity contribution in [1.29, 1.82) is 0 Å². The predicted molar refractivity (Wildman–Crippen MR) is 140 cm³/mol. The lowest BCUT2D eigenvalue weighted by atomic mass is 9.80. The molecule has 1 aliphatic heterocycles. The summed E-state index contributed by atoms with van der Waals surface area (Å²) in [4.78, 5) is 16.3. The van der Waals surface area contributed by atoms with Crippen LogP contribution in [0, 0.1) is 5.92 Å². The number of anilines is 1. The van der Waals surface area contributed by atoms with Crippen LogP contribution in [0.25, 0.3) is 16.9 Å². The highest BCUT2D eigenvalue weighted by Crippen LogP contribution is 2.40. The van der Waals surface area contributed by atoms with E-state index < -0.39 is 5.97 Å². The summed E-state index contributed by atoms with van der Waals surface area (Å²) in [6, 6.07) is 5.72. The summed E-state index contributed by atoms with van der Waals surface area (Å²) in [6.45, 7) is 0.473. The van der Waals surface area contributed by atoms with Crippen LogP contribution in [0.2, 0.25) is 0 Å². The minimum atomic E-state index is -0.722. The number of aliphatic carboxylic acids is 1. The SMILES string of the molecule is COc1ccc(C2=CC=C(c3cnn4c(N)c(Br)c([C@H]5CC[C@H](C(=O)O)CC5)nc34)CN2)cc1CO. The summed E-state index contributed by atoms with van der Waals surface area (Å²) in [5, 5.41) is 26.9. The molecule has 2 aliphatic rings. The van der Waals surface area contributed by atoms with Crippen molar-refractivity contribution in [3.63, 3.8) is 0 Å². The molecule has 5 rings (SSSR count). The van der Waals surface area contributed by atoms with Crippen molar-refractivity contribution in [3.8, 4) is 5.75 Å². The second kappa shape index (κ2) is 9.94. The second-order valence-corrected chi connectivity index (χ2v) is 9.98. The summed E-state index contributed by atoms with van der Waals surface area (Å²) in [6.07, 6.45) is 8.62. The molecule has 0 atom stereocenters. The molecule has 3 aromatic rings. The molecule has 0 radical (unpaired) electrons. The predicted octanol–water partition coefficient (Wildman–Crippen LogP) is 3.96. The molecule has 3 heterocycles. The first-order valence-corrected chi connectivity index (χ1v) is 12.7. The first kappa shape index (κ1) is 24.3. The number of hydrogen-bond donors (Lipinski definition) is 4. The number of allylic oxidation sites excluding steroid dienone is 2. The molecule has 0 bridgehead atoms. The van der Waals surface area contributed by atoms with E-state index in [-0.39, 0.29) is 18.4 Å². The number of carbonyl (C=O) groups is 1. The number of rotatable bonds is 6. The van der Waals surface area contributed by atoms with E-state index in [1.165, 1.54) is 0 Å². The molecular weight excluding hydrogens is 526 g/mol. The molecule has 0 amide bonds. The molecule has 0 unspecified atom stereocenters. The second-order valence-electron chi connectivity index (χ2n) is 9.19. The number of aliphatic hydroxyl groups excluding tert-OH is 1. The number of nitrogens with zero attached hydrogens (tertiary/aromatic N) is 3. The Morgan fingerprint density at radius 2 is 2.06 bits per heavy atom. The molecule has 1 fully saturated rings. The topological polar surface area (TPSA) is 135 Å². The van der Waals surface area contributed by atoms with Gasteiger partial charge >= 0.3 is 5.97 Å². The third-order valence-electron chi connectivity index (χ3n) is 7.14. The van der Waals surface area contributed by atoms with Gasteiger partial charge in [0.1, 0.15) is 11.6 Å². The first-order valence-electron chi connectivity index (χ1n) is 11.9. The molecule has 2 aromatic heterocycles. The normalized spacial score (nSPS) is 20.0. The van der Waals surface area contributed by atoms with Crippen molar-refractivity contribution < 1.29 is 19.7 Å². The van der Waals surface area contributed by atoms with E-state index in [1.54, 1.807) is 17.8 Å². The lowest BCUT2D eigenvalue weighted by Gasteiger charge is -2.26. The van der Waals surface area contributed by atoms with Gasteiger partial charge in [-0.3, -0.25) is 4.79 Å². The largest absolute Gasteiger partial charge is 0.496 e. The van der Waals surface area contributed by atoms with Crippen LogP contribution < -0.4 is 15.8 Å². The number of nitrogen functional groups attached to an aromatic ring is 1. The number of hydrogen-bond acceptors (Lipinski definition) is 7. The van der Waals surface area contributed by atoms with Crippen LogP contribution in [0.5, 0.6) is 5.75 Å². The van der Waals surface area contributed by atoms with Crippen LogP contribution in [0.4, 0.5) is 5.82 Å². The highest BCUT2D eigenvalue weighted by molar-refractivity contribution is 9.10. The summed E-state index contributed by atoms with van der Waals surface area (Å²) < 4.78 is 7.67. The summed E-state index contributed by atoms with van der Waals surface area (Å²) >= 11 is 3.61. The third-order valence-corrected chi connectivity index (χ3v) is 7.95. The number of nitrogens with one attached hydrogen (secondary N) is 1. The number of carboxylic acids is 1. The van der Waals surface area contributed by atoms with E-state index in [4.69, 9.17) is 15.5 Å². The smallest absolute Gasteiger partial charge is 0.306 e. The van der Waals surface area contributed by atoms with Crippen LogP contribution >= 0.6 is 15.9 Å². The van der Waals surface area contributed by atoms with Gasteiger partial charge in [0.15, 0.2) is 5.65 Å². The number of methoxy groups -OCH3 is 1. The molecule has 36 heavy (non-hydrogen) atoms. The molecule has 1 aliphatic carbocycles. The fourth-order valence-electron chi connectivity index (χ4n) is 5.07. The summed E-state index contributed by atoms with van der Waals surface area (Å²) in [5.41, 5.74) is 12.5. The van der Waals surface area contributed by atoms with Crippen LogP contribution in [-0.4, -0.2) is 44.4 Å². The monoisotopic (exact) mass is 553 g/mol. The molecule has 0 spiro atoms. The van der Waals surface area contributed by atoms with Gasteiger partial charge in [0.05, 0.1) is 36.0 Å². The number of carboxylic acid groups (broad SMARTS) is 1. The van der Waals surface area contributed by atoms with Crippen LogP contribution in [0.15, 0.2) is 41.0 Å². The Kier molecular flexibility index (Phi) is 6.72. The van der Waals surface area contributed by atoms with Gasteiger partial charge in [-0.05, 0) is 77.0 Å². The molecular formula is C26H28BrN5O4. The molecule has 1 saturated carbocycles. The van der Waals surface area contributed by atoms with Crippen molar-refractivity contribution in [2.24, 2.45) is 5.92 Å². The fourth-order valence-corrected chi connectivity index (χ4v) is 5.65. The van der Waals surface area contributed by atoms with Gasteiger partial charge in [0.2, 0.25) is 0 Å². The van der Waals surface area contributed by atoms with E-state index in [0.29, 0.717) is 36.6 Å². The number of fused-ring (bicyclic) bond motifs is 1. The Bertz CT molecular complexity index is 1390. The van der Waals surface area contributed by atoms with Crippen molar-refractivity contribution >= 4 is 44.6 Å². The third kappa shape index (κ3) is 4.35. The lowest BCUT2D eigenvalue weighted by molar-refractivity contribution is -0.142. The van der Waals surface area contributed by atoms with E-state index in [0.717, 1.165) is 51.0 Å². The van der Waals surface area contributed by atoms with Gasteiger partial charge < -0.3 is 26.0 Å². The molecule has 188 valence electrons. The summed E-state index contributed by atoms with van der Waals surface area (Å²) in [5.74, 6) is 0.273. The zero-order chi connectivity index (χ0) is 25.4. The van der Waals surface area contributed by atoms with Crippen molar-refractivity contribution in [3.05, 3.63) is 63.4 Å². The van der Waals surface area contributed by atoms with Gasteiger partial charge in [-0.25, -0.2) is 4.98 Å². The highest BCUT2D eigenvalue weighted by atomic mass is 79.9. The molecule has 0 saturated heterocycles. The van der Waals surface area contributed by atoms with Gasteiger partial charge in [0, 0.05) is 29.3 Å². The van der Waals surface area contributed by atoms with Crippen molar-refractivity contribution in [2.45, 2.75) is 38.2 Å². The average molecular weight is 554 g/mol. The van der Waals surface area contributed by atoms with Crippen molar-refractivity contribution in [2.75, 3.05) is 19.4 Å². The van der Waals surface area contributed by atoms with Crippen LogP contribution in [0.3, 0.4) is 0 Å². The molecule has 10 heteroatoms. The van der Waals surface area contributed by atoms with Crippen LogP contribution in [0.1, 0.15) is 54.0 Å². The number of ether oxygens (including phenoxy) is 1. The van der Waals surface area contributed by atoms with Crippen LogP contribution in [-0.2, 0) is 11.4 Å². The molecule has 5 N–H and O–H groups in total. The lowest BCUT2D eigenvalue weighted by Crippen LogP contribution is -2.22. The highest BCUT2D eigenvalue weighted by Gasteiger charge is 2.30. The first-order chi connectivity index (χ1) is 17.4. The Morgan fingerprint density at radius 1 is 1.28 bits per heavy atom. The summed E-state index contributed by atoms with van der Waals surface area (Å²) in [7, 11) is 1.59. The van der Waals surface area contributed by atoms with E-state index >= 15 is 0 Å². The van der Waals surface area contributed by atoms with Gasteiger partial charge in [0.25, 0.3) is 0 Å². The fraction of sp³-hybridized carbons (Fsp3) is 0.346. The molecule has 9 nitrogen and oxygen atoms in total. The minimum absolute atomic E-state index is 0.100. The number of nitrogens with two attached hydrogens (primary N) is 1. The maximum Gasteiger partial charge on any atom is 0.306 e. The number of halogens is 1. The minimum Gasteiger partial charge on any atom is -0.496 e. The van der Waals surface area contributed by atoms with Crippen molar-refractivity contribution in [1.82, 2.24) is 19.9 Å². The standard InChI is InChI=1S/C26H28BrN5O4/c1-36-21-9-7-16(10-18(21)13-33)20-8-6-17(11-29-20)19-12-30-32-24(28)22(27)23(31-25(19)32)14-2-4-15(5-3-14)26(34)35/h6-10,12,14-15,29,33H,2-5,11,13,28H2,1H3,(H,34,35)/t14-,15-. The van der Waals surface area contributed by atoms with E-state index in [2.05, 4.69) is 26.3 Å². The number of aromatic nitrogens is 3.